The van der Waals surface area contributed by atoms with Gasteiger partial charge in [-0.05, 0) is 34.5 Å². The number of hydrogen-bond donors (Lipinski definition) is 0. The Hall–Kier alpha value is -0.670. The number of fused-ring (bicyclic) bond motifs is 1. The largest absolute Gasteiger partial charge is 0.253 e. The van der Waals surface area contributed by atoms with E-state index >= 15 is 0 Å². The van der Waals surface area contributed by atoms with E-state index in [0.717, 1.165) is 21.1 Å². The molecule has 2 heterocycles. The molecule has 0 saturated heterocycles. The Morgan fingerprint density at radius 1 is 1.31 bits per heavy atom. The van der Waals surface area contributed by atoms with Gasteiger partial charge < -0.3 is 0 Å². The number of halogens is 2. The first kappa shape index (κ1) is 8.91. The van der Waals surface area contributed by atoms with E-state index in [0.29, 0.717) is 5.02 Å². The first-order valence-corrected chi connectivity index (χ1v) is 4.92. The van der Waals surface area contributed by atoms with Crippen molar-refractivity contribution in [3.8, 4) is 0 Å². The van der Waals surface area contributed by atoms with Crippen LogP contribution in [0.5, 0.6) is 0 Å². The summed E-state index contributed by atoms with van der Waals surface area (Å²) in [5.74, 6) is 0. The first-order valence-electron chi connectivity index (χ1n) is 3.75. The lowest BCUT2D eigenvalue weighted by Crippen LogP contribution is -1.87. The molecule has 0 aromatic carbocycles. The van der Waals surface area contributed by atoms with E-state index < -0.39 is 0 Å². The number of aryl methyl sites for hydroxylation is 1. The van der Waals surface area contributed by atoms with Gasteiger partial charge in [-0.3, -0.25) is 9.97 Å². The van der Waals surface area contributed by atoms with E-state index in [4.69, 9.17) is 11.6 Å². The summed E-state index contributed by atoms with van der Waals surface area (Å²) in [6.07, 6.45) is 3.38. The zero-order valence-electron chi connectivity index (χ0n) is 6.88. The van der Waals surface area contributed by atoms with Crippen LogP contribution in [0.3, 0.4) is 0 Å². The van der Waals surface area contributed by atoms with E-state index in [9.17, 15) is 0 Å². The van der Waals surface area contributed by atoms with Crippen molar-refractivity contribution in [2.24, 2.45) is 0 Å². The average molecular weight is 258 g/mol. The highest BCUT2D eigenvalue weighted by molar-refractivity contribution is 9.10. The molecule has 0 aliphatic heterocycles. The molecule has 0 fully saturated rings. The van der Waals surface area contributed by atoms with Crippen LogP contribution in [0.25, 0.3) is 11.0 Å². The molecule has 66 valence electrons. The molecule has 0 N–H and O–H groups in total. The molecule has 13 heavy (non-hydrogen) atoms. The van der Waals surface area contributed by atoms with Gasteiger partial charge in [0.25, 0.3) is 0 Å². The Morgan fingerprint density at radius 2 is 2.08 bits per heavy atom. The minimum absolute atomic E-state index is 0.589. The van der Waals surface area contributed by atoms with E-state index in [1.165, 1.54) is 0 Å². The Labute approximate surface area is 89.1 Å². The number of nitrogens with zero attached hydrogens (tertiary/aromatic N) is 2. The van der Waals surface area contributed by atoms with Crippen molar-refractivity contribution in [3.63, 3.8) is 0 Å². The van der Waals surface area contributed by atoms with Gasteiger partial charge in [0.2, 0.25) is 0 Å². The summed E-state index contributed by atoms with van der Waals surface area (Å²) in [5, 5.41) is 0.589. The highest BCUT2D eigenvalue weighted by Gasteiger charge is 2.06. The highest BCUT2D eigenvalue weighted by Crippen LogP contribution is 2.28. The van der Waals surface area contributed by atoms with Gasteiger partial charge >= 0.3 is 0 Å². The Balaban J connectivity index is 2.94. The molecular weight excluding hydrogens is 251 g/mol. The lowest BCUT2D eigenvalue weighted by atomic mass is 10.2. The van der Waals surface area contributed by atoms with Crippen molar-refractivity contribution in [2.75, 3.05) is 0 Å². The number of pyridine rings is 2. The molecule has 0 bridgehead atoms. The predicted octanol–water partition coefficient (Wildman–Crippen LogP) is 3.35. The van der Waals surface area contributed by atoms with Crippen LogP contribution in [0.1, 0.15) is 5.56 Å². The van der Waals surface area contributed by atoms with Crippen LogP contribution in [0.4, 0.5) is 0 Å². The fraction of sp³-hybridized carbons (Fsp3) is 0.111. The molecule has 2 rings (SSSR count). The normalized spacial score (nSPS) is 10.7. The number of rotatable bonds is 0. The van der Waals surface area contributed by atoms with Gasteiger partial charge in [0.15, 0.2) is 0 Å². The standard InChI is InChI=1S/C9H6BrClN2/c1-5-2-3-12-9-7(10)6(11)4-13-8(5)9/h2-4H,1H3. The lowest BCUT2D eigenvalue weighted by Gasteiger charge is -2.02. The molecule has 0 radical (unpaired) electrons. The van der Waals surface area contributed by atoms with Crippen molar-refractivity contribution < 1.29 is 0 Å². The van der Waals surface area contributed by atoms with Crippen LogP contribution in [-0.2, 0) is 0 Å². The third-order valence-electron chi connectivity index (χ3n) is 1.85. The second-order valence-electron chi connectivity index (χ2n) is 2.75. The predicted molar refractivity (Wildman–Crippen MR) is 57.0 cm³/mol. The average Bonchev–Trinajstić information content (AvgIpc) is 2.12. The molecule has 2 aromatic heterocycles. The Kier molecular flexibility index (Phi) is 2.22. The molecule has 0 atom stereocenters. The van der Waals surface area contributed by atoms with E-state index in [-0.39, 0.29) is 0 Å². The van der Waals surface area contributed by atoms with Crippen LogP contribution in [0.2, 0.25) is 5.02 Å². The molecule has 0 unspecified atom stereocenters. The van der Waals surface area contributed by atoms with Gasteiger partial charge in [-0.2, -0.15) is 0 Å². The maximum absolute atomic E-state index is 5.89. The van der Waals surface area contributed by atoms with Crippen LogP contribution in [0, 0.1) is 6.92 Å². The Bertz CT molecular complexity index is 470. The quantitative estimate of drug-likeness (QED) is 0.723. The smallest absolute Gasteiger partial charge is 0.105 e. The second-order valence-corrected chi connectivity index (χ2v) is 3.95. The fourth-order valence-corrected chi connectivity index (χ4v) is 1.70. The third kappa shape index (κ3) is 1.42. The molecule has 4 heteroatoms. The number of aromatic nitrogens is 2. The van der Waals surface area contributed by atoms with Crippen molar-refractivity contribution in [1.29, 1.82) is 0 Å². The zero-order valence-corrected chi connectivity index (χ0v) is 9.22. The van der Waals surface area contributed by atoms with Crippen LogP contribution >= 0.6 is 27.5 Å². The van der Waals surface area contributed by atoms with Gasteiger partial charge in [0, 0.05) is 12.4 Å². The summed E-state index contributed by atoms with van der Waals surface area (Å²) in [4.78, 5) is 8.43. The molecule has 2 aromatic rings. The monoisotopic (exact) mass is 256 g/mol. The molecule has 0 aliphatic carbocycles. The van der Waals surface area contributed by atoms with Crippen molar-refractivity contribution in [2.45, 2.75) is 6.92 Å². The molecular formula is C9H6BrClN2. The van der Waals surface area contributed by atoms with Gasteiger partial charge in [0.05, 0.1) is 15.0 Å². The highest BCUT2D eigenvalue weighted by atomic mass is 79.9. The van der Waals surface area contributed by atoms with Gasteiger partial charge in [-0.25, -0.2) is 0 Å². The van der Waals surface area contributed by atoms with Crippen molar-refractivity contribution >= 4 is 38.6 Å². The topological polar surface area (TPSA) is 25.8 Å². The maximum Gasteiger partial charge on any atom is 0.105 e. The summed E-state index contributed by atoms with van der Waals surface area (Å²) in [6, 6.07) is 1.93. The lowest BCUT2D eigenvalue weighted by molar-refractivity contribution is 1.29. The maximum atomic E-state index is 5.89. The summed E-state index contributed by atoms with van der Waals surface area (Å²) >= 11 is 9.27. The number of hydrogen-bond acceptors (Lipinski definition) is 2. The third-order valence-corrected chi connectivity index (χ3v) is 3.17. The minimum Gasteiger partial charge on any atom is -0.253 e. The van der Waals surface area contributed by atoms with Crippen molar-refractivity contribution in [1.82, 2.24) is 9.97 Å². The molecule has 0 amide bonds. The van der Waals surface area contributed by atoms with E-state index in [1.54, 1.807) is 12.4 Å². The van der Waals surface area contributed by atoms with Crippen LogP contribution in [0.15, 0.2) is 22.9 Å². The molecule has 2 nitrogen and oxygen atoms in total. The minimum atomic E-state index is 0.589. The summed E-state index contributed by atoms with van der Waals surface area (Å²) in [7, 11) is 0. The Morgan fingerprint density at radius 3 is 2.85 bits per heavy atom. The molecule has 0 spiro atoms. The van der Waals surface area contributed by atoms with Crippen LogP contribution < -0.4 is 0 Å². The molecule has 0 saturated carbocycles. The van der Waals surface area contributed by atoms with E-state index in [1.807, 2.05) is 13.0 Å². The first-order chi connectivity index (χ1) is 6.20. The summed E-state index contributed by atoms with van der Waals surface area (Å²) in [6.45, 7) is 2.00. The fourth-order valence-electron chi connectivity index (χ4n) is 1.17. The summed E-state index contributed by atoms with van der Waals surface area (Å²) in [5.41, 5.74) is 2.80. The van der Waals surface area contributed by atoms with Crippen molar-refractivity contribution in [3.05, 3.63) is 33.5 Å². The second kappa shape index (κ2) is 3.24. The van der Waals surface area contributed by atoms with Crippen LogP contribution in [-0.4, -0.2) is 9.97 Å². The SMILES string of the molecule is Cc1ccnc2c(Br)c(Cl)cnc12. The van der Waals surface area contributed by atoms with Gasteiger partial charge in [-0.15, -0.1) is 0 Å². The summed E-state index contributed by atoms with van der Waals surface area (Å²) < 4.78 is 0.808. The van der Waals surface area contributed by atoms with Gasteiger partial charge in [-0.1, -0.05) is 11.6 Å². The van der Waals surface area contributed by atoms with Gasteiger partial charge in [0.1, 0.15) is 5.52 Å². The molecule has 0 aliphatic rings. The van der Waals surface area contributed by atoms with E-state index in [2.05, 4.69) is 25.9 Å². The zero-order chi connectivity index (χ0) is 9.42.